The van der Waals surface area contributed by atoms with Gasteiger partial charge < -0.3 is 10.6 Å². The Morgan fingerprint density at radius 3 is 1.88 bits per heavy atom. The smallest absolute Gasteiger partial charge is 0.225 e. The molecule has 2 rings (SSSR count). The Hall–Kier alpha value is -2.95. The van der Waals surface area contributed by atoms with Crippen molar-refractivity contribution in [2.75, 3.05) is 10.6 Å². The van der Waals surface area contributed by atoms with E-state index in [1.807, 2.05) is 42.5 Å². The van der Waals surface area contributed by atoms with E-state index in [0.717, 1.165) is 68.0 Å². The normalized spacial score (nSPS) is 10.7. The highest BCUT2D eigenvalue weighted by Crippen LogP contribution is 2.20. The zero-order chi connectivity index (χ0) is 24.4. The van der Waals surface area contributed by atoms with E-state index in [1.165, 1.54) is 25.7 Å². The molecule has 34 heavy (non-hydrogen) atoms. The predicted octanol–water partition coefficient (Wildman–Crippen LogP) is 7.95. The summed E-state index contributed by atoms with van der Waals surface area (Å²) in [6.45, 7) is 7.47. The number of carbonyl (C=O) groups excluding carboxylic acids is 2. The Labute approximate surface area is 205 Å². The van der Waals surface area contributed by atoms with Gasteiger partial charge in [-0.1, -0.05) is 50.7 Å². The number of amides is 2. The maximum absolute atomic E-state index is 12.2. The fourth-order valence-electron chi connectivity index (χ4n) is 3.91. The first-order valence-electron chi connectivity index (χ1n) is 12.8. The molecule has 184 valence electrons. The molecule has 0 saturated heterocycles. The van der Waals surface area contributed by atoms with Gasteiger partial charge in [-0.15, -0.1) is 13.2 Å². The van der Waals surface area contributed by atoms with Crippen LogP contribution in [-0.4, -0.2) is 16.8 Å². The first kappa shape index (κ1) is 27.3. The van der Waals surface area contributed by atoms with E-state index in [-0.39, 0.29) is 11.8 Å². The van der Waals surface area contributed by atoms with Crippen LogP contribution in [-0.2, 0) is 9.59 Å². The van der Waals surface area contributed by atoms with Crippen LogP contribution in [0.3, 0.4) is 0 Å². The molecule has 1 aromatic heterocycles. The number of hydrogen-bond donors (Lipinski definition) is 2. The molecule has 5 heteroatoms. The molecule has 0 aliphatic rings. The maximum Gasteiger partial charge on any atom is 0.225 e. The van der Waals surface area contributed by atoms with E-state index in [4.69, 9.17) is 0 Å². The molecule has 0 bridgehead atoms. The minimum Gasteiger partial charge on any atom is -0.326 e. The highest BCUT2D eigenvalue weighted by Gasteiger charge is 2.07. The van der Waals surface area contributed by atoms with Crippen LogP contribution in [0.5, 0.6) is 0 Å². The van der Waals surface area contributed by atoms with Crippen LogP contribution < -0.4 is 10.6 Å². The van der Waals surface area contributed by atoms with E-state index in [2.05, 4.69) is 28.8 Å². The van der Waals surface area contributed by atoms with Gasteiger partial charge in [0.05, 0.1) is 5.52 Å². The van der Waals surface area contributed by atoms with Crippen molar-refractivity contribution in [3.63, 3.8) is 0 Å². The molecule has 0 spiro atoms. The number of benzene rings is 1. The fourth-order valence-corrected chi connectivity index (χ4v) is 3.91. The number of nitrogens with one attached hydrogen (secondary N) is 2. The third-order valence-corrected chi connectivity index (χ3v) is 5.86. The highest BCUT2D eigenvalue weighted by atomic mass is 16.2. The summed E-state index contributed by atoms with van der Waals surface area (Å²) in [6.07, 6.45) is 18.1. The number of anilines is 2. The lowest BCUT2D eigenvalue weighted by Gasteiger charge is -2.08. The molecule has 2 N–H and O–H groups in total. The Morgan fingerprint density at radius 2 is 1.26 bits per heavy atom. The van der Waals surface area contributed by atoms with E-state index in [0.29, 0.717) is 18.7 Å². The van der Waals surface area contributed by atoms with E-state index in [9.17, 15) is 9.59 Å². The minimum absolute atomic E-state index is 0.00234. The van der Waals surface area contributed by atoms with Crippen LogP contribution in [0.1, 0.15) is 89.9 Å². The summed E-state index contributed by atoms with van der Waals surface area (Å²) in [5, 5.41) is 6.81. The van der Waals surface area contributed by atoms with Crippen LogP contribution in [0.4, 0.5) is 11.5 Å². The summed E-state index contributed by atoms with van der Waals surface area (Å²) in [5.41, 5.74) is 1.56. The molecule has 1 heterocycles. The number of rotatable bonds is 18. The molecule has 0 radical (unpaired) electrons. The van der Waals surface area contributed by atoms with Gasteiger partial charge in [-0.25, -0.2) is 4.98 Å². The van der Waals surface area contributed by atoms with Crippen LogP contribution in [0.15, 0.2) is 55.6 Å². The molecule has 0 fully saturated rings. The number of unbranched alkanes of at least 4 members (excludes halogenated alkanes) is 10. The van der Waals surface area contributed by atoms with Crippen LogP contribution in [0.2, 0.25) is 0 Å². The molecule has 0 saturated carbocycles. The predicted molar refractivity (Wildman–Crippen MR) is 144 cm³/mol. The molecule has 0 aliphatic heterocycles. The van der Waals surface area contributed by atoms with Crippen molar-refractivity contribution in [3.8, 4) is 0 Å². The summed E-state index contributed by atoms with van der Waals surface area (Å²) in [5.74, 6) is 0.610. The van der Waals surface area contributed by atoms with E-state index >= 15 is 0 Å². The van der Waals surface area contributed by atoms with Crippen molar-refractivity contribution in [2.45, 2.75) is 89.9 Å². The second-order valence-corrected chi connectivity index (χ2v) is 8.89. The summed E-state index contributed by atoms with van der Waals surface area (Å²) < 4.78 is 0. The molecule has 5 nitrogen and oxygen atoms in total. The Balaban J connectivity index is 1.72. The van der Waals surface area contributed by atoms with Crippen molar-refractivity contribution in [1.29, 1.82) is 0 Å². The van der Waals surface area contributed by atoms with Crippen LogP contribution in [0, 0.1) is 0 Å². The molecular weight excluding hydrogens is 422 g/mol. The topological polar surface area (TPSA) is 71.1 Å². The fraction of sp³-hybridized carbons (Fsp3) is 0.483. The summed E-state index contributed by atoms with van der Waals surface area (Å²) in [6, 6.07) is 9.40. The average Bonchev–Trinajstić information content (AvgIpc) is 2.83. The molecule has 0 atom stereocenters. The quantitative estimate of drug-likeness (QED) is 0.174. The number of hydrogen-bond acceptors (Lipinski definition) is 3. The van der Waals surface area contributed by atoms with Gasteiger partial charge in [-0.3, -0.25) is 9.59 Å². The standard InChI is InChI=1S/C29H41N3O2/c1-3-5-7-9-11-13-15-17-28(33)30-25-20-21-26-24(23-25)19-22-27(31-26)32-29(34)18-16-14-12-10-8-6-4-2/h3-4,19-23H,1-2,5-18H2,(H,30,33)(H,31,32,34). The molecule has 2 aromatic rings. The third kappa shape index (κ3) is 11.3. The largest absolute Gasteiger partial charge is 0.326 e. The van der Waals surface area contributed by atoms with Gasteiger partial charge in [0, 0.05) is 23.9 Å². The van der Waals surface area contributed by atoms with E-state index in [1.54, 1.807) is 0 Å². The van der Waals surface area contributed by atoms with Crippen molar-refractivity contribution in [2.24, 2.45) is 0 Å². The first-order chi connectivity index (χ1) is 16.6. The highest BCUT2D eigenvalue weighted by molar-refractivity contribution is 5.95. The van der Waals surface area contributed by atoms with Gasteiger partial charge in [0.2, 0.25) is 11.8 Å². The van der Waals surface area contributed by atoms with Crippen molar-refractivity contribution in [1.82, 2.24) is 4.98 Å². The third-order valence-electron chi connectivity index (χ3n) is 5.86. The number of nitrogens with zero attached hydrogens (tertiary/aromatic N) is 1. The molecule has 2 amide bonds. The zero-order valence-electron chi connectivity index (χ0n) is 20.6. The van der Waals surface area contributed by atoms with E-state index < -0.39 is 0 Å². The monoisotopic (exact) mass is 463 g/mol. The van der Waals surface area contributed by atoms with Crippen LogP contribution >= 0.6 is 0 Å². The summed E-state index contributed by atoms with van der Waals surface area (Å²) in [7, 11) is 0. The number of allylic oxidation sites excluding steroid dienone is 2. The second-order valence-electron chi connectivity index (χ2n) is 8.89. The van der Waals surface area contributed by atoms with Gasteiger partial charge in [0.25, 0.3) is 0 Å². The second kappa shape index (κ2) is 16.6. The maximum atomic E-state index is 12.2. The number of carbonyl (C=O) groups is 2. The minimum atomic E-state index is 0.00234. The van der Waals surface area contributed by atoms with Gasteiger partial charge in [0.15, 0.2) is 0 Å². The Morgan fingerprint density at radius 1 is 0.706 bits per heavy atom. The number of pyridine rings is 1. The van der Waals surface area contributed by atoms with Crippen molar-refractivity contribution < 1.29 is 9.59 Å². The SMILES string of the molecule is C=CCCCCCCCC(=O)Nc1ccc2nc(NC(=O)CCCCCCCC=C)ccc2c1. The summed E-state index contributed by atoms with van der Waals surface area (Å²) >= 11 is 0. The van der Waals surface area contributed by atoms with Gasteiger partial charge in [-0.2, -0.15) is 0 Å². The lowest BCUT2D eigenvalue weighted by atomic mass is 10.1. The zero-order valence-corrected chi connectivity index (χ0v) is 20.6. The molecular formula is C29H41N3O2. The first-order valence-corrected chi connectivity index (χ1v) is 12.8. The number of aromatic nitrogens is 1. The van der Waals surface area contributed by atoms with Crippen molar-refractivity contribution >= 4 is 34.2 Å². The number of fused-ring (bicyclic) bond motifs is 1. The van der Waals surface area contributed by atoms with Gasteiger partial charge >= 0.3 is 0 Å². The van der Waals surface area contributed by atoms with Crippen LogP contribution in [0.25, 0.3) is 10.9 Å². The molecule has 1 aromatic carbocycles. The van der Waals surface area contributed by atoms with Gasteiger partial charge in [0.1, 0.15) is 5.82 Å². The molecule has 0 unspecified atom stereocenters. The average molecular weight is 464 g/mol. The lowest BCUT2D eigenvalue weighted by Crippen LogP contribution is -2.12. The summed E-state index contributed by atoms with van der Waals surface area (Å²) in [4.78, 5) is 29.0. The Bertz CT molecular complexity index is 847. The van der Waals surface area contributed by atoms with Crippen molar-refractivity contribution in [3.05, 3.63) is 55.6 Å². The Kier molecular flexibility index (Phi) is 13.4. The molecule has 0 aliphatic carbocycles. The lowest BCUT2D eigenvalue weighted by molar-refractivity contribution is -0.117. The van der Waals surface area contributed by atoms with Gasteiger partial charge in [-0.05, 0) is 68.9 Å².